The summed E-state index contributed by atoms with van der Waals surface area (Å²) in [5.41, 5.74) is -0.315. The van der Waals surface area contributed by atoms with Crippen molar-refractivity contribution >= 4 is 17.3 Å². The molecule has 2 rings (SSSR count). The lowest BCUT2D eigenvalue weighted by Gasteiger charge is -2.29. The first-order valence-electron chi connectivity index (χ1n) is 6.64. The number of nitro groups is 1. The number of carboxylic acid groups (broad SMARTS) is 1. The van der Waals surface area contributed by atoms with Crippen LogP contribution in [-0.4, -0.2) is 21.5 Å². The Balaban J connectivity index is 2.38. The molecule has 0 spiro atoms. The second-order valence-corrected chi connectivity index (χ2v) is 5.28. The van der Waals surface area contributed by atoms with Gasteiger partial charge in [-0.15, -0.1) is 0 Å². The number of hydrogen-bond acceptors (Lipinski definition) is 5. The molecule has 0 aromatic heterocycles. The number of rotatable bonds is 5. The van der Waals surface area contributed by atoms with Crippen LogP contribution in [0.5, 0.6) is 0 Å². The molecule has 1 saturated carbocycles. The molecule has 0 bridgehead atoms. The smallest absolute Gasteiger partial charge is 0.305 e. The van der Waals surface area contributed by atoms with Crippen molar-refractivity contribution in [1.29, 1.82) is 5.26 Å². The largest absolute Gasteiger partial charge is 0.481 e. The first-order valence-corrected chi connectivity index (χ1v) is 6.64. The van der Waals surface area contributed by atoms with Crippen molar-refractivity contribution < 1.29 is 14.8 Å². The zero-order valence-electron chi connectivity index (χ0n) is 11.3. The van der Waals surface area contributed by atoms with Gasteiger partial charge in [0.15, 0.2) is 0 Å². The molecule has 7 nitrogen and oxygen atoms in total. The Morgan fingerprint density at radius 3 is 2.67 bits per heavy atom. The topological polar surface area (TPSA) is 116 Å². The van der Waals surface area contributed by atoms with E-state index in [9.17, 15) is 14.9 Å². The number of nitrogens with one attached hydrogen (secondary N) is 1. The van der Waals surface area contributed by atoms with Gasteiger partial charge in [-0.1, -0.05) is 12.8 Å². The number of nitrogens with zero attached hydrogens (tertiary/aromatic N) is 2. The number of nitro benzene ring substituents is 1. The summed E-state index contributed by atoms with van der Waals surface area (Å²) in [7, 11) is 0. The highest BCUT2D eigenvalue weighted by molar-refractivity contribution is 5.71. The quantitative estimate of drug-likeness (QED) is 0.635. The Morgan fingerprint density at radius 1 is 1.48 bits per heavy atom. The van der Waals surface area contributed by atoms with Crippen molar-refractivity contribution in [2.45, 2.75) is 37.6 Å². The molecular formula is C14H15N3O4. The van der Waals surface area contributed by atoms with E-state index >= 15 is 0 Å². The van der Waals surface area contributed by atoms with Crippen LogP contribution in [0.1, 0.15) is 37.7 Å². The Kier molecular flexibility index (Phi) is 4.08. The van der Waals surface area contributed by atoms with Crippen LogP contribution < -0.4 is 5.32 Å². The SMILES string of the molecule is N#Cc1ccc([N+](=O)[O-])c(NC2(CC(=O)O)CCCC2)c1. The number of anilines is 1. The lowest BCUT2D eigenvalue weighted by Crippen LogP contribution is -2.37. The van der Waals surface area contributed by atoms with Gasteiger partial charge in [-0.25, -0.2) is 0 Å². The minimum Gasteiger partial charge on any atom is -0.481 e. The van der Waals surface area contributed by atoms with Gasteiger partial charge in [-0.2, -0.15) is 5.26 Å². The number of hydrogen-bond donors (Lipinski definition) is 2. The van der Waals surface area contributed by atoms with E-state index in [0.717, 1.165) is 12.8 Å². The van der Waals surface area contributed by atoms with Crippen molar-refractivity contribution in [2.24, 2.45) is 0 Å². The van der Waals surface area contributed by atoms with Gasteiger partial charge in [-0.05, 0) is 25.0 Å². The van der Waals surface area contributed by atoms with Crippen LogP contribution in [0.2, 0.25) is 0 Å². The average Bonchev–Trinajstić information content (AvgIpc) is 2.85. The fraction of sp³-hybridized carbons (Fsp3) is 0.429. The Labute approximate surface area is 121 Å². The summed E-state index contributed by atoms with van der Waals surface area (Å²) in [5.74, 6) is -0.941. The highest BCUT2D eigenvalue weighted by Gasteiger charge is 2.37. The third-order valence-corrected chi connectivity index (χ3v) is 3.77. The van der Waals surface area contributed by atoms with Crippen LogP contribution >= 0.6 is 0 Å². The highest BCUT2D eigenvalue weighted by Crippen LogP contribution is 2.38. The molecule has 0 heterocycles. The standard InChI is InChI=1S/C14H15N3O4/c15-9-10-3-4-12(17(20)21)11(7-10)16-14(8-13(18)19)5-1-2-6-14/h3-4,7,16H,1-2,5-6,8H2,(H,18,19). The average molecular weight is 289 g/mol. The van der Waals surface area contributed by atoms with E-state index < -0.39 is 16.4 Å². The second-order valence-electron chi connectivity index (χ2n) is 5.28. The van der Waals surface area contributed by atoms with Crippen molar-refractivity contribution in [3.05, 3.63) is 33.9 Å². The molecule has 110 valence electrons. The van der Waals surface area contributed by atoms with Gasteiger partial charge >= 0.3 is 5.97 Å². The molecule has 0 unspecified atom stereocenters. The molecule has 1 aliphatic carbocycles. The summed E-state index contributed by atoms with van der Waals surface area (Å²) in [4.78, 5) is 21.6. The highest BCUT2D eigenvalue weighted by atomic mass is 16.6. The summed E-state index contributed by atoms with van der Waals surface area (Å²) in [6.45, 7) is 0. The molecule has 0 saturated heterocycles. The third-order valence-electron chi connectivity index (χ3n) is 3.77. The van der Waals surface area contributed by atoms with Gasteiger partial charge in [0.1, 0.15) is 5.69 Å². The summed E-state index contributed by atoms with van der Waals surface area (Å²) in [6.07, 6.45) is 2.96. The molecule has 2 N–H and O–H groups in total. The van der Waals surface area contributed by atoms with Crippen molar-refractivity contribution in [3.63, 3.8) is 0 Å². The monoisotopic (exact) mass is 289 g/mol. The predicted molar refractivity (Wildman–Crippen MR) is 74.9 cm³/mol. The second kappa shape index (κ2) is 5.79. The van der Waals surface area contributed by atoms with Crippen LogP contribution in [0.3, 0.4) is 0 Å². The zero-order valence-corrected chi connectivity index (χ0v) is 11.3. The Hall–Kier alpha value is -2.62. The summed E-state index contributed by atoms with van der Waals surface area (Å²) in [6, 6.07) is 5.98. The molecule has 0 amide bonds. The summed E-state index contributed by atoms with van der Waals surface area (Å²) in [5, 5.41) is 32.1. The van der Waals surface area contributed by atoms with Gasteiger partial charge in [0, 0.05) is 11.6 Å². The van der Waals surface area contributed by atoms with E-state index in [1.54, 1.807) is 0 Å². The lowest BCUT2D eigenvalue weighted by molar-refractivity contribution is -0.384. The van der Waals surface area contributed by atoms with E-state index in [2.05, 4.69) is 5.32 Å². The normalized spacial score (nSPS) is 16.1. The number of carbonyl (C=O) groups is 1. The Morgan fingerprint density at radius 2 is 2.14 bits per heavy atom. The molecule has 0 aliphatic heterocycles. The van der Waals surface area contributed by atoms with E-state index in [1.807, 2.05) is 6.07 Å². The van der Waals surface area contributed by atoms with E-state index in [4.69, 9.17) is 10.4 Å². The number of nitriles is 1. The summed E-state index contributed by atoms with van der Waals surface area (Å²) >= 11 is 0. The van der Waals surface area contributed by atoms with Gasteiger partial charge in [-0.3, -0.25) is 14.9 Å². The maximum Gasteiger partial charge on any atom is 0.305 e. The van der Waals surface area contributed by atoms with Crippen LogP contribution in [0, 0.1) is 21.4 Å². The maximum absolute atomic E-state index is 11.1. The van der Waals surface area contributed by atoms with Gasteiger partial charge in [0.25, 0.3) is 5.69 Å². The Bertz CT molecular complexity index is 615. The third kappa shape index (κ3) is 3.28. The molecule has 0 atom stereocenters. The predicted octanol–water partition coefficient (Wildman–Crippen LogP) is 2.67. The van der Waals surface area contributed by atoms with Crippen LogP contribution in [0.15, 0.2) is 18.2 Å². The van der Waals surface area contributed by atoms with Crippen LogP contribution in [-0.2, 0) is 4.79 Å². The molecule has 7 heteroatoms. The minimum atomic E-state index is -0.941. The van der Waals surface area contributed by atoms with E-state index in [1.165, 1.54) is 18.2 Å². The summed E-state index contributed by atoms with van der Waals surface area (Å²) < 4.78 is 0. The van der Waals surface area contributed by atoms with Crippen molar-refractivity contribution in [2.75, 3.05) is 5.32 Å². The molecule has 1 aliphatic rings. The molecule has 0 radical (unpaired) electrons. The number of carboxylic acids is 1. The fourth-order valence-corrected chi connectivity index (χ4v) is 2.84. The molecule has 21 heavy (non-hydrogen) atoms. The van der Waals surface area contributed by atoms with Gasteiger partial charge in [0.05, 0.1) is 23.0 Å². The van der Waals surface area contributed by atoms with E-state index in [0.29, 0.717) is 18.4 Å². The van der Waals surface area contributed by atoms with Crippen LogP contribution in [0.4, 0.5) is 11.4 Å². The number of aliphatic carboxylic acids is 1. The maximum atomic E-state index is 11.1. The first kappa shape index (κ1) is 14.8. The lowest BCUT2D eigenvalue weighted by atomic mass is 9.92. The minimum absolute atomic E-state index is 0.0963. The van der Waals surface area contributed by atoms with Crippen molar-refractivity contribution in [3.8, 4) is 6.07 Å². The molecule has 1 aromatic carbocycles. The zero-order chi connectivity index (χ0) is 15.5. The van der Waals surface area contributed by atoms with E-state index in [-0.39, 0.29) is 17.8 Å². The van der Waals surface area contributed by atoms with Crippen molar-refractivity contribution in [1.82, 2.24) is 0 Å². The van der Waals surface area contributed by atoms with Crippen LogP contribution in [0.25, 0.3) is 0 Å². The fourth-order valence-electron chi connectivity index (χ4n) is 2.84. The van der Waals surface area contributed by atoms with Gasteiger partial charge < -0.3 is 10.4 Å². The molecule has 1 aromatic rings. The number of benzene rings is 1. The molecular weight excluding hydrogens is 274 g/mol. The van der Waals surface area contributed by atoms with Gasteiger partial charge in [0.2, 0.25) is 0 Å². The molecule has 1 fully saturated rings. The first-order chi connectivity index (χ1) is 9.96.